The van der Waals surface area contributed by atoms with E-state index in [0.29, 0.717) is 11.8 Å². The largest absolute Gasteiger partial charge is 0.507 e. The van der Waals surface area contributed by atoms with Gasteiger partial charge in [-0.1, -0.05) is 39.8 Å². The van der Waals surface area contributed by atoms with Gasteiger partial charge in [0.05, 0.1) is 0 Å². The van der Waals surface area contributed by atoms with Crippen LogP contribution in [0.5, 0.6) is 11.5 Å². The molecule has 0 aliphatic rings. The molecule has 0 radical (unpaired) electrons. The molecule has 0 atom stereocenters. The molecule has 2 aromatic rings. The fourth-order valence-corrected chi connectivity index (χ4v) is 2.47. The molecule has 96 valence electrons. The maximum Gasteiger partial charge on any atom is 0.123 e. The molecule has 0 aliphatic heterocycles. The monoisotopic (exact) mass is 244 g/mol. The molecule has 2 nitrogen and oxygen atoms in total. The number of phenols is 2. The van der Waals surface area contributed by atoms with Crippen molar-refractivity contribution in [2.24, 2.45) is 0 Å². The highest BCUT2D eigenvalue weighted by Gasteiger charge is 2.16. The Morgan fingerprint density at radius 2 is 1.00 bits per heavy atom. The van der Waals surface area contributed by atoms with Gasteiger partial charge in [0.15, 0.2) is 0 Å². The highest BCUT2D eigenvalue weighted by Crippen LogP contribution is 2.41. The van der Waals surface area contributed by atoms with Crippen molar-refractivity contribution < 1.29 is 10.2 Å². The quantitative estimate of drug-likeness (QED) is 0.816. The Morgan fingerprint density at radius 3 is 1.28 bits per heavy atom. The Balaban J connectivity index is 2.95. The summed E-state index contributed by atoms with van der Waals surface area (Å²) in [7, 11) is 0. The van der Waals surface area contributed by atoms with Crippen molar-refractivity contribution in [2.45, 2.75) is 39.5 Å². The molecule has 18 heavy (non-hydrogen) atoms. The zero-order valence-electron chi connectivity index (χ0n) is 11.4. The number of rotatable bonds is 2. The number of fused-ring (bicyclic) bond motifs is 1. The minimum absolute atomic E-state index is 0.244. The van der Waals surface area contributed by atoms with Gasteiger partial charge >= 0.3 is 0 Å². The minimum Gasteiger partial charge on any atom is -0.507 e. The number of aromatic hydroxyl groups is 2. The van der Waals surface area contributed by atoms with E-state index in [1.807, 2.05) is 12.1 Å². The van der Waals surface area contributed by atoms with Crippen molar-refractivity contribution in [3.8, 4) is 11.5 Å². The molecule has 2 aromatic carbocycles. The summed E-state index contributed by atoms with van der Waals surface area (Å²) in [5.74, 6) is 1.10. The van der Waals surface area contributed by atoms with E-state index in [0.717, 1.165) is 21.9 Å². The van der Waals surface area contributed by atoms with Crippen molar-refractivity contribution in [3.05, 3.63) is 35.4 Å². The summed E-state index contributed by atoms with van der Waals surface area (Å²) in [4.78, 5) is 0. The standard InChI is InChI=1S/C16H20O2/c1-9(2)11-5-7-14(18)16-12(10(3)4)6-8-13(17)15(11)16/h5-10,17-18H,1-4H3. The molecule has 0 aromatic heterocycles. The van der Waals surface area contributed by atoms with Crippen LogP contribution in [0, 0.1) is 0 Å². The second-order valence-corrected chi connectivity index (χ2v) is 5.41. The van der Waals surface area contributed by atoms with Crippen LogP contribution >= 0.6 is 0 Å². The van der Waals surface area contributed by atoms with Crippen LogP contribution in [0.3, 0.4) is 0 Å². The molecule has 0 amide bonds. The molecule has 2 N–H and O–H groups in total. The topological polar surface area (TPSA) is 40.5 Å². The van der Waals surface area contributed by atoms with Gasteiger partial charge in [-0.2, -0.15) is 0 Å². The maximum atomic E-state index is 10.1. The zero-order valence-corrected chi connectivity index (χ0v) is 11.4. The van der Waals surface area contributed by atoms with Gasteiger partial charge in [0.1, 0.15) is 11.5 Å². The molecule has 0 aliphatic carbocycles. The molecular weight excluding hydrogens is 224 g/mol. The van der Waals surface area contributed by atoms with Gasteiger partial charge in [0, 0.05) is 10.8 Å². The highest BCUT2D eigenvalue weighted by molar-refractivity contribution is 5.98. The summed E-state index contributed by atoms with van der Waals surface area (Å²) in [5, 5.41) is 21.8. The van der Waals surface area contributed by atoms with Crippen LogP contribution in [0.1, 0.15) is 50.7 Å². The van der Waals surface area contributed by atoms with Crippen LogP contribution in [0.4, 0.5) is 0 Å². The smallest absolute Gasteiger partial charge is 0.123 e. The first-order valence-electron chi connectivity index (χ1n) is 6.41. The SMILES string of the molecule is CC(C)c1ccc(O)c2c(C(C)C)ccc(O)c12. The lowest BCUT2D eigenvalue weighted by molar-refractivity contribution is 0.474. The number of benzene rings is 2. The van der Waals surface area contributed by atoms with Crippen molar-refractivity contribution in [2.75, 3.05) is 0 Å². The number of hydrogen-bond acceptors (Lipinski definition) is 2. The molecular formula is C16H20O2. The summed E-state index contributed by atoms with van der Waals surface area (Å²) in [6, 6.07) is 7.24. The Bertz CT molecular complexity index is 530. The van der Waals surface area contributed by atoms with Gasteiger partial charge in [0.2, 0.25) is 0 Å². The maximum absolute atomic E-state index is 10.1. The third-order valence-electron chi connectivity index (χ3n) is 3.43. The molecule has 0 fully saturated rings. The van der Waals surface area contributed by atoms with Crippen LogP contribution in [0.25, 0.3) is 10.8 Å². The predicted molar refractivity (Wildman–Crippen MR) is 75.5 cm³/mol. The first-order chi connectivity index (χ1) is 8.43. The van der Waals surface area contributed by atoms with E-state index in [-0.39, 0.29) is 11.5 Å². The van der Waals surface area contributed by atoms with Crippen LogP contribution < -0.4 is 0 Å². The lowest BCUT2D eigenvalue weighted by Crippen LogP contribution is -1.95. The third kappa shape index (κ3) is 1.92. The molecule has 0 heterocycles. The van der Waals surface area contributed by atoms with Crippen LogP contribution in [-0.2, 0) is 0 Å². The molecule has 0 spiro atoms. The van der Waals surface area contributed by atoms with Gasteiger partial charge in [-0.05, 0) is 35.1 Å². The van der Waals surface area contributed by atoms with E-state index in [2.05, 4.69) is 27.7 Å². The summed E-state index contributed by atoms with van der Waals surface area (Å²) >= 11 is 0. The molecule has 0 bridgehead atoms. The van der Waals surface area contributed by atoms with Crippen molar-refractivity contribution in [3.63, 3.8) is 0 Å². The third-order valence-corrected chi connectivity index (χ3v) is 3.43. The van der Waals surface area contributed by atoms with Crippen LogP contribution in [-0.4, -0.2) is 10.2 Å². The minimum atomic E-state index is 0.244. The Hall–Kier alpha value is -1.70. The fraction of sp³-hybridized carbons (Fsp3) is 0.375. The molecule has 2 rings (SSSR count). The van der Waals surface area contributed by atoms with Crippen molar-refractivity contribution in [1.29, 1.82) is 0 Å². The highest BCUT2D eigenvalue weighted by atomic mass is 16.3. The zero-order chi connectivity index (χ0) is 13.4. The lowest BCUT2D eigenvalue weighted by Gasteiger charge is -2.17. The van der Waals surface area contributed by atoms with Crippen LogP contribution in [0.2, 0.25) is 0 Å². The van der Waals surface area contributed by atoms with Crippen molar-refractivity contribution in [1.82, 2.24) is 0 Å². The van der Waals surface area contributed by atoms with E-state index in [4.69, 9.17) is 0 Å². The van der Waals surface area contributed by atoms with Crippen molar-refractivity contribution >= 4 is 10.8 Å². The second kappa shape index (κ2) is 4.52. The normalized spacial score (nSPS) is 11.7. The van der Waals surface area contributed by atoms with E-state index in [1.165, 1.54) is 0 Å². The van der Waals surface area contributed by atoms with Crippen LogP contribution in [0.15, 0.2) is 24.3 Å². The summed E-state index contributed by atoms with van der Waals surface area (Å²) < 4.78 is 0. The first kappa shape index (κ1) is 12.7. The van der Waals surface area contributed by atoms with Gasteiger partial charge in [-0.3, -0.25) is 0 Å². The molecule has 0 saturated heterocycles. The summed E-state index contributed by atoms with van der Waals surface area (Å²) in [6.45, 7) is 8.36. The van der Waals surface area contributed by atoms with Gasteiger partial charge in [-0.25, -0.2) is 0 Å². The summed E-state index contributed by atoms with van der Waals surface area (Å²) in [5.41, 5.74) is 2.14. The van der Waals surface area contributed by atoms with E-state index >= 15 is 0 Å². The molecule has 0 unspecified atom stereocenters. The predicted octanol–water partition coefficient (Wildman–Crippen LogP) is 4.50. The molecule has 0 saturated carbocycles. The Kier molecular flexibility index (Phi) is 3.20. The lowest BCUT2D eigenvalue weighted by atomic mass is 9.89. The Labute approximate surface area is 108 Å². The number of hydrogen-bond donors (Lipinski definition) is 2. The van der Waals surface area contributed by atoms with Gasteiger partial charge in [-0.15, -0.1) is 0 Å². The average Bonchev–Trinajstić information content (AvgIpc) is 2.29. The summed E-state index contributed by atoms with van der Waals surface area (Å²) in [6.07, 6.45) is 0. The average molecular weight is 244 g/mol. The first-order valence-corrected chi connectivity index (χ1v) is 6.41. The van der Waals surface area contributed by atoms with E-state index < -0.39 is 0 Å². The van der Waals surface area contributed by atoms with Gasteiger partial charge < -0.3 is 10.2 Å². The molecule has 2 heteroatoms. The fourth-order valence-electron chi connectivity index (χ4n) is 2.47. The second-order valence-electron chi connectivity index (χ2n) is 5.41. The van der Waals surface area contributed by atoms with E-state index in [1.54, 1.807) is 12.1 Å². The van der Waals surface area contributed by atoms with E-state index in [9.17, 15) is 10.2 Å². The number of phenolic OH excluding ortho intramolecular Hbond substituents is 2. The Morgan fingerprint density at radius 1 is 0.667 bits per heavy atom. The van der Waals surface area contributed by atoms with Gasteiger partial charge in [0.25, 0.3) is 0 Å².